The Bertz CT molecular complexity index is 162. The molecule has 0 aliphatic carbocycles. The predicted molar refractivity (Wildman–Crippen MR) is 48.7 cm³/mol. The number of allylic oxidation sites excluding steroid dienone is 3. The first kappa shape index (κ1) is 11.6. The van der Waals surface area contributed by atoms with Crippen LogP contribution in [-0.4, -0.2) is 0 Å². The molecule has 54 valence electrons. The Balaban J connectivity index is 0. The second-order valence-corrected chi connectivity index (χ2v) is 1.40. The fourth-order valence-corrected chi connectivity index (χ4v) is 0.403. The van der Waals surface area contributed by atoms with Crippen molar-refractivity contribution < 1.29 is 0 Å². The number of hydrogen-bond donors (Lipinski definition) is 0. The van der Waals surface area contributed by atoms with Gasteiger partial charge in [0.05, 0.1) is 0 Å². The summed E-state index contributed by atoms with van der Waals surface area (Å²) in [4.78, 5) is 0. The molecule has 0 bridgehead atoms. The third-order valence-electron chi connectivity index (χ3n) is 0.653. The van der Waals surface area contributed by atoms with Gasteiger partial charge in [0.25, 0.3) is 0 Å². The molecule has 0 rings (SSSR count). The Morgan fingerprint density at radius 1 is 1.40 bits per heavy atom. The third kappa shape index (κ3) is 9.91. The minimum Gasteiger partial charge on any atom is -0.106 e. The number of rotatable bonds is 1. The lowest BCUT2D eigenvalue weighted by Gasteiger charge is -1.77. The molecule has 0 heteroatoms. The maximum absolute atomic E-state index is 3.67. The van der Waals surface area contributed by atoms with Crippen LogP contribution in [0, 0.1) is 11.8 Å². The fourth-order valence-electron chi connectivity index (χ4n) is 0.403. The largest absolute Gasteiger partial charge is 0.106 e. The van der Waals surface area contributed by atoms with Crippen LogP contribution in [0.2, 0.25) is 0 Å². The zero-order valence-corrected chi connectivity index (χ0v) is 6.78. The molecule has 0 aliphatic rings. The van der Waals surface area contributed by atoms with Gasteiger partial charge in [0.15, 0.2) is 0 Å². The zero-order valence-electron chi connectivity index (χ0n) is 6.78. The van der Waals surface area contributed by atoms with Crippen molar-refractivity contribution in [1.29, 1.82) is 0 Å². The monoisotopic (exact) mass is 134 g/mol. The van der Waals surface area contributed by atoms with E-state index in [-0.39, 0.29) is 0 Å². The molecule has 0 fully saturated rings. The quantitative estimate of drug-likeness (QED) is 0.294. The van der Waals surface area contributed by atoms with Crippen LogP contribution in [0.5, 0.6) is 0 Å². The van der Waals surface area contributed by atoms with E-state index in [1.807, 2.05) is 19.1 Å². The van der Waals surface area contributed by atoms with Crippen molar-refractivity contribution in [3.8, 4) is 11.8 Å². The lowest BCUT2D eigenvalue weighted by molar-refractivity contribution is 1.69. The van der Waals surface area contributed by atoms with Crippen molar-refractivity contribution in [3.63, 3.8) is 0 Å². The molecule has 0 unspecified atom stereocenters. The SMILES string of the molecule is C=C.C=C(C#CC)/C=C\C. The van der Waals surface area contributed by atoms with Gasteiger partial charge < -0.3 is 0 Å². The standard InChI is InChI=1S/C8H10.C2H4/c1-4-6-8(3)7-5-2;1-2/h4,6H,3H2,1-2H3;1-2H2/b6-4-;. The first-order valence-corrected chi connectivity index (χ1v) is 3.05. The summed E-state index contributed by atoms with van der Waals surface area (Å²) in [5, 5.41) is 0. The van der Waals surface area contributed by atoms with Crippen LogP contribution in [0.15, 0.2) is 37.5 Å². The molecule has 0 aromatic heterocycles. The predicted octanol–water partition coefficient (Wildman–Crippen LogP) is 2.94. The fraction of sp³-hybridized carbons (Fsp3) is 0.200. The highest BCUT2D eigenvalue weighted by atomic mass is 13.8. The van der Waals surface area contributed by atoms with E-state index in [1.54, 1.807) is 6.92 Å². The van der Waals surface area contributed by atoms with Gasteiger partial charge in [-0.15, -0.1) is 19.1 Å². The number of hydrogen-bond acceptors (Lipinski definition) is 0. The average molecular weight is 134 g/mol. The van der Waals surface area contributed by atoms with E-state index in [9.17, 15) is 0 Å². The van der Waals surface area contributed by atoms with E-state index < -0.39 is 0 Å². The Morgan fingerprint density at radius 3 is 2.20 bits per heavy atom. The summed E-state index contributed by atoms with van der Waals surface area (Å²) in [5.74, 6) is 5.57. The molecule has 0 N–H and O–H groups in total. The van der Waals surface area contributed by atoms with Gasteiger partial charge in [-0.1, -0.05) is 24.7 Å². The van der Waals surface area contributed by atoms with Crippen LogP contribution in [0.25, 0.3) is 0 Å². The van der Waals surface area contributed by atoms with Crippen LogP contribution < -0.4 is 0 Å². The van der Waals surface area contributed by atoms with Gasteiger partial charge in [-0.05, 0) is 13.8 Å². The van der Waals surface area contributed by atoms with Gasteiger partial charge in [-0.2, -0.15) is 0 Å². The van der Waals surface area contributed by atoms with Crippen molar-refractivity contribution in [3.05, 3.63) is 37.5 Å². The molecule has 0 heterocycles. The highest BCUT2D eigenvalue weighted by Gasteiger charge is 1.71. The Kier molecular flexibility index (Phi) is 12.4. The van der Waals surface area contributed by atoms with Gasteiger partial charge in [0.1, 0.15) is 0 Å². The van der Waals surface area contributed by atoms with E-state index in [0.29, 0.717) is 0 Å². The summed E-state index contributed by atoms with van der Waals surface area (Å²) in [6, 6.07) is 0. The summed E-state index contributed by atoms with van der Waals surface area (Å²) >= 11 is 0. The molecule has 0 amide bonds. The van der Waals surface area contributed by atoms with Crippen molar-refractivity contribution in [2.24, 2.45) is 0 Å². The molecule has 10 heavy (non-hydrogen) atoms. The summed E-state index contributed by atoms with van der Waals surface area (Å²) in [7, 11) is 0. The Hall–Kier alpha value is -1.22. The topological polar surface area (TPSA) is 0 Å². The minimum absolute atomic E-state index is 0.870. The van der Waals surface area contributed by atoms with Gasteiger partial charge in [0.2, 0.25) is 0 Å². The van der Waals surface area contributed by atoms with Crippen molar-refractivity contribution >= 4 is 0 Å². The van der Waals surface area contributed by atoms with Crippen LogP contribution in [-0.2, 0) is 0 Å². The van der Waals surface area contributed by atoms with E-state index in [2.05, 4.69) is 31.6 Å². The highest BCUT2D eigenvalue weighted by molar-refractivity contribution is 5.34. The summed E-state index contributed by atoms with van der Waals surface area (Å²) in [6.07, 6.45) is 3.81. The highest BCUT2D eigenvalue weighted by Crippen LogP contribution is 1.87. The van der Waals surface area contributed by atoms with E-state index in [1.165, 1.54) is 0 Å². The normalized spacial score (nSPS) is 7.00. The molecule has 0 radical (unpaired) electrons. The molecular formula is C10H14. The molecule has 0 nitrogen and oxygen atoms in total. The Morgan fingerprint density at radius 2 is 1.90 bits per heavy atom. The Labute approximate surface area is 64.0 Å². The minimum atomic E-state index is 0.870. The van der Waals surface area contributed by atoms with Gasteiger partial charge in [0, 0.05) is 5.57 Å². The van der Waals surface area contributed by atoms with Gasteiger partial charge in [-0.25, -0.2) is 0 Å². The van der Waals surface area contributed by atoms with E-state index >= 15 is 0 Å². The molecule has 0 aromatic carbocycles. The maximum Gasteiger partial charge on any atom is 0.0169 e. The van der Waals surface area contributed by atoms with Crippen LogP contribution in [0.3, 0.4) is 0 Å². The first-order chi connectivity index (χ1) is 4.81. The molecule has 0 aliphatic heterocycles. The van der Waals surface area contributed by atoms with E-state index in [4.69, 9.17) is 0 Å². The summed E-state index contributed by atoms with van der Waals surface area (Å²) in [6.45, 7) is 13.4. The summed E-state index contributed by atoms with van der Waals surface area (Å²) < 4.78 is 0. The smallest absolute Gasteiger partial charge is 0.0169 e. The molecular weight excluding hydrogens is 120 g/mol. The first-order valence-electron chi connectivity index (χ1n) is 3.05. The third-order valence-corrected chi connectivity index (χ3v) is 0.653. The van der Waals surface area contributed by atoms with Crippen molar-refractivity contribution in [2.45, 2.75) is 13.8 Å². The maximum atomic E-state index is 3.67. The summed E-state index contributed by atoms with van der Waals surface area (Å²) in [5.41, 5.74) is 0.870. The molecule has 0 spiro atoms. The van der Waals surface area contributed by atoms with Crippen LogP contribution in [0.1, 0.15) is 13.8 Å². The van der Waals surface area contributed by atoms with Gasteiger partial charge >= 0.3 is 0 Å². The second-order valence-electron chi connectivity index (χ2n) is 1.40. The second kappa shape index (κ2) is 10.7. The molecule has 0 atom stereocenters. The molecule has 0 saturated heterocycles. The van der Waals surface area contributed by atoms with Gasteiger partial charge in [-0.3, -0.25) is 0 Å². The van der Waals surface area contributed by atoms with Crippen LogP contribution >= 0.6 is 0 Å². The zero-order chi connectivity index (χ0) is 8.41. The average Bonchev–Trinajstić information content (AvgIpc) is 1.93. The lowest BCUT2D eigenvalue weighted by Crippen LogP contribution is -1.62. The molecule has 0 saturated carbocycles. The molecule has 0 aromatic rings. The van der Waals surface area contributed by atoms with E-state index in [0.717, 1.165) is 5.57 Å². The van der Waals surface area contributed by atoms with Crippen molar-refractivity contribution in [1.82, 2.24) is 0 Å². The van der Waals surface area contributed by atoms with Crippen LogP contribution in [0.4, 0.5) is 0 Å². The lowest BCUT2D eigenvalue weighted by atomic mass is 10.3. The van der Waals surface area contributed by atoms with Crippen molar-refractivity contribution in [2.75, 3.05) is 0 Å².